The third-order valence-electron chi connectivity index (χ3n) is 5.00. The highest BCUT2D eigenvalue weighted by molar-refractivity contribution is 7.80. The zero-order chi connectivity index (χ0) is 13.4. The van der Waals surface area contributed by atoms with Crippen LogP contribution < -0.4 is 11.1 Å². The van der Waals surface area contributed by atoms with Gasteiger partial charge in [-0.3, -0.25) is 0 Å². The second-order valence-electron chi connectivity index (χ2n) is 6.21. The molecule has 2 aliphatic carbocycles. The minimum absolute atomic E-state index is 0.465. The summed E-state index contributed by atoms with van der Waals surface area (Å²) in [5.74, 6) is 2.83. The summed E-state index contributed by atoms with van der Waals surface area (Å²) in [7, 11) is 0. The fourth-order valence-electron chi connectivity index (χ4n) is 4.01. The topological polar surface area (TPSA) is 38.0 Å². The number of fused-ring (bicyclic) bond motifs is 2. The van der Waals surface area contributed by atoms with Crippen LogP contribution in [0.3, 0.4) is 0 Å². The van der Waals surface area contributed by atoms with Crippen LogP contribution in [0.15, 0.2) is 24.3 Å². The maximum Gasteiger partial charge on any atom is 0.103 e. The Morgan fingerprint density at radius 1 is 1.26 bits per heavy atom. The lowest BCUT2D eigenvalue weighted by molar-refractivity contribution is 0.304. The molecule has 0 heterocycles. The number of hydrogen-bond acceptors (Lipinski definition) is 2. The Morgan fingerprint density at radius 2 is 2.00 bits per heavy atom. The summed E-state index contributed by atoms with van der Waals surface area (Å²) in [5, 5.41) is 3.65. The maximum absolute atomic E-state index is 5.62. The molecule has 0 radical (unpaired) electrons. The number of nitrogens with one attached hydrogen (secondary N) is 1. The summed E-state index contributed by atoms with van der Waals surface area (Å²) in [5.41, 5.74) is 7.73. The van der Waals surface area contributed by atoms with E-state index in [1.165, 1.54) is 31.4 Å². The second-order valence-corrected chi connectivity index (χ2v) is 6.65. The van der Waals surface area contributed by atoms with Crippen molar-refractivity contribution in [1.82, 2.24) is 0 Å². The second kappa shape index (κ2) is 5.12. The van der Waals surface area contributed by atoms with Crippen molar-refractivity contribution in [3.05, 3.63) is 29.8 Å². The maximum atomic E-state index is 5.62. The lowest BCUT2D eigenvalue weighted by Crippen LogP contribution is -2.29. The molecule has 2 saturated carbocycles. The van der Waals surface area contributed by atoms with Crippen LogP contribution in [0.25, 0.3) is 0 Å². The van der Waals surface area contributed by atoms with Crippen LogP contribution in [0.4, 0.5) is 5.69 Å². The summed E-state index contributed by atoms with van der Waals surface area (Å²) in [6, 6.07) is 8.72. The molecule has 19 heavy (non-hydrogen) atoms. The number of hydrogen-bond donors (Lipinski definition) is 2. The average Bonchev–Trinajstić information content (AvgIpc) is 3.01. The van der Waals surface area contributed by atoms with Crippen molar-refractivity contribution in [3.8, 4) is 0 Å². The van der Waals surface area contributed by atoms with E-state index in [0.717, 1.165) is 23.3 Å². The average molecular weight is 274 g/mol. The van der Waals surface area contributed by atoms with Gasteiger partial charge in [0.1, 0.15) is 4.99 Å². The van der Waals surface area contributed by atoms with Crippen molar-refractivity contribution < 1.29 is 0 Å². The van der Waals surface area contributed by atoms with Crippen LogP contribution in [0.1, 0.15) is 38.2 Å². The Hall–Kier alpha value is -1.09. The van der Waals surface area contributed by atoms with Crippen LogP contribution in [0.2, 0.25) is 0 Å². The van der Waals surface area contributed by atoms with E-state index in [9.17, 15) is 0 Å². The first-order chi connectivity index (χ1) is 9.13. The number of rotatable bonds is 4. The Labute approximate surface area is 120 Å². The van der Waals surface area contributed by atoms with E-state index < -0.39 is 0 Å². The van der Waals surface area contributed by atoms with E-state index in [0.29, 0.717) is 11.0 Å². The summed E-state index contributed by atoms with van der Waals surface area (Å²) in [4.78, 5) is 0.465. The zero-order valence-electron chi connectivity index (χ0n) is 11.4. The van der Waals surface area contributed by atoms with E-state index in [-0.39, 0.29) is 0 Å². The molecule has 2 fully saturated rings. The molecular formula is C16H22N2S. The lowest BCUT2D eigenvalue weighted by Gasteiger charge is -2.29. The largest absolute Gasteiger partial charge is 0.389 e. The van der Waals surface area contributed by atoms with Gasteiger partial charge >= 0.3 is 0 Å². The smallest absolute Gasteiger partial charge is 0.103 e. The molecule has 0 saturated heterocycles. The van der Waals surface area contributed by atoms with Crippen molar-refractivity contribution in [2.45, 2.75) is 38.6 Å². The van der Waals surface area contributed by atoms with E-state index >= 15 is 0 Å². The third-order valence-corrected chi connectivity index (χ3v) is 5.23. The SMILES string of the molecule is CC(Nc1ccc(C(N)=S)cc1)C1CC2CCC1C2. The molecule has 0 spiro atoms. The molecule has 0 aliphatic heterocycles. The molecular weight excluding hydrogens is 252 g/mol. The molecule has 3 N–H and O–H groups in total. The molecule has 3 heteroatoms. The quantitative estimate of drug-likeness (QED) is 0.825. The fourth-order valence-corrected chi connectivity index (χ4v) is 4.14. The standard InChI is InChI=1S/C16H22N2S/c1-10(15-9-11-2-3-13(15)8-11)18-14-6-4-12(5-7-14)16(17)19/h4-7,10-11,13,15,18H,2-3,8-9H2,1H3,(H2,17,19). The number of thiocarbonyl (C=S) groups is 1. The highest BCUT2D eigenvalue weighted by Gasteiger charge is 2.41. The molecule has 2 nitrogen and oxygen atoms in total. The van der Waals surface area contributed by atoms with Gasteiger partial charge in [0.25, 0.3) is 0 Å². The highest BCUT2D eigenvalue weighted by Crippen LogP contribution is 2.49. The number of benzene rings is 1. The molecule has 3 rings (SSSR count). The van der Waals surface area contributed by atoms with Crippen LogP contribution in [-0.4, -0.2) is 11.0 Å². The van der Waals surface area contributed by atoms with Gasteiger partial charge in [-0.2, -0.15) is 0 Å². The Kier molecular flexibility index (Phi) is 3.48. The van der Waals surface area contributed by atoms with Gasteiger partial charge in [-0.05, 0) is 68.2 Å². The van der Waals surface area contributed by atoms with Crippen LogP contribution >= 0.6 is 12.2 Å². The van der Waals surface area contributed by atoms with Gasteiger partial charge in [0.15, 0.2) is 0 Å². The van der Waals surface area contributed by atoms with Crippen molar-refractivity contribution in [3.63, 3.8) is 0 Å². The Balaban J connectivity index is 1.63. The van der Waals surface area contributed by atoms with Crippen LogP contribution in [0, 0.1) is 17.8 Å². The minimum Gasteiger partial charge on any atom is -0.389 e. The fraction of sp³-hybridized carbons (Fsp3) is 0.562. The monoisotopic (exact) mass is 274 g/mol. The zero-order valence-corrected chi connectivity index (χ0v) is 12.2. The van der Waals surface area contributed by atoms with E-state index in [1.54, 1.807) is 0 Å². The van der Waals surface area contributed by atoms with Crippen molar-refractivity contribution in [2.75, 3.05) is 5.32 Å². The molecule has 0 amide bonds. The molecule has 1 aromatic carbocycles. The number of anilines is 1. The van der Waals surface area contributed by atoms with Gasteiger partial charge in [0, 0.05) is 17.3 Å². The third kappa shape index (κ3) is 2.62. The van der Waals surface area contributed by atoms with Gasteiger partial charge in [0.05, 0.1) is 0 Å². The molecule has 2 bridgehead atoms. The highest BCUT2D eigenvalue weighted by atomic mass is 32.1. The summed E-state index contributed by atoms with van der Waals surface area (Å²) in [6.45, 7) is 2.33. The van der Waals surface area contributed by atoms with Crippen LogP contribution in [0.5, 0.6) is 0 Å². The first-order valence-electron chi connectivity index (χ1n) is 7.30. The van der Waals surface area contributed by atoms with Gasteiger partial charge in [-0.15, -0.1) is 0 Å². The van der Waals surface area contributed by atoms with E-state index in [1.807, 2.05) is 12.1 Å². The van der Waals surface area contributed by atoms with E-state index in [4.69, 9.17) is 18.0 Å². The predicted molar refractivity (Wildman–Crippen MR) is 84.4 cm³/mol. The minimum atomic E-state index is 0.465. The summed E-state index contributed by atoms with van der Waals surface area (Å²) >= 11 is 4.97. The first-order valence-corrected chi connectivity index (χ1v) is 7.70. The predicted octanol–water partition coefficient (Wildman–Crippen LogP) is 3.56. The van der Waals surface area contributed by atoms with Gasteiger partial charge in [-0.25, -0.2) is 0 Å². The van der Waals surface area contributed by atoms with Crippen molar-refractivity contribution in [1.29, 1.82) is 0 Å². The number of nitrogens with two attached hydrogens (primary N) is 1. The molecule has 1 aromatic rings. The van der Waals surface area contributed by atoms with Crippen molar-refractivity contribution >= 4 is 22.9 Å². The summed E-state index contributed by atoms with van der Waals surface area (Å²) < 4.78 is 0. The van der Waals surface area contributed by atoms with Gasteiger partial charge < -0.3 is 11.1 Å². The molecule has 0 aromatic heterocycles. The van der Waals surface area contributed by atoms with E-state index in [2.05, 4.69) is 24.4 Å². The van der Waals surface area contributed by atoms with Crippen molar-refractivity contribution in [2.24, 2.45) is 23.5 Å². The Morgan fingerprint density at radius 3 is 2.53 bits per heavy atom. The first kappa shape index (κ1) is 12.9. The summed E-state index contributed by atoms with van der Waals surface area (Å²) in [6.07, 6.45) is 5.80. The van der Waals surface area contributed by atoms with Gasteiger partial charge in [0.2, 0.25) is 0 Å². The van der Waals surface area contributed by atoms with Crippen LogP contribution in [-0.2, 0) is 0 Å². The molecule has 4 unspecified atom stereocenters. The van der Waals surface area contributed by atoms with Gasteiger partial charge in [-0.1, -0.05) is 18.6 Å². The lowest BCUT2D eigenvalue weighted by atomic mass is 9.84. The molecule has 4 atom stereocenters. The normalized spacial score (nSPS) is 30.3. The Bertz CT molecular complexity index is 468. The molecule has 102 valence electrons. The molecule has 2 aliphatic rings.